The predicted octanol–water partition coefficient (Wildman–Crippen LogP) is 1.75. The van der Waals surface area contributed by atoms with E-state index in [2.05, 4.69) is 5.32 Å². The van der Waals surface area contributed by atoms with Crippen LogP contribution >= 0.6 is 0 Å². The molecule has 8 nitrogen and oxygen atoms in total. The van der Waals surface area contributed by atoms with Crippen molar-refractivity contribution < 1.29 is 20.1 Å². The third-order valence-electron chi connectivity index (χ3n) is 4.26. The molecule has 0 spiro atoms. The number of benzene rings is 2. The number of nitrogens with one attached hydrogen (secondary N) is 1. The van der Waals surface area contributed by atoms with Gasteiger partial charge in [0.05, 0.1) is 24.6 Å². The van der Waals surface area contributed by atoms with Crippen LogP contribution in [0.25, 0.3) is 0 Å². The molecule has 2 aromatic rings. The van der Waals surface area contributed by atoms with Crippen molar-refractivity contribution in [2.45, 2.75) is 6.92 Å². The second-order valence-corrected chi connectivity index (χ2v) is 6.16. The predicted molar refractivity (Wildman–Crippen MR) is 107 cm³/mol. The van der Waals surface area contributed by atoms with E-state index in [0.29, 0.717) is 30.0 Å². The molecule has 0 atom stereocenters. The number of carbonyl (C=O) groups excluding carboxylic acids is 1. The van der Waals surface area contributed by atoms with Gasteiger partial charge in [0.25, 0.3) is 0 Å². The van der Waals surface area contributed by atoms with Crippen LogP contribution in [0, 0.1) is 6.92 Å². The molecule has 2 aromatic carbocycles. The summed E-state index contributed by atoms with van der Waals surface area (Å²) in [4.78, 5) is 14.7. The van der Waals surface area contributed by atoms with Crippen molar-refractivity contribution in [1.82, 2.24) is 0 Å². The fraction of sp³-hybridized carbons (Fsp3) is 0.316. The Morgan fingerprint density at radius 1 is 1.11 bits per heavy atom. The number of phenolic OH excluding ortho intramolecular Hbond substituents is 1. The summed E-state index contributed by atoms with van der Waals surface area (Å²) in [5.74, 6) is 0.0719. The van der Waals surface area contributed by atoms with E-state index in [1.807, 2.05) is 29.2 Å². The van der Waals surface area contributed by atoms with Crippen LogP contribution in [0.3, 0.4) is 0 Å². The first kappa shape index (κ1) is 20.3. The van der Waals surface area contributed by atoms with Crippen LogP contribution in [0.15, 0.2) is 36.4 Å². The van der Waals surface area contributed by atoms with Gasteiger partial charge in [-0.2, -0.15) is 0 Å². The molecule has 0 fully saturated rings. The van der Waals surface area contributed by atoms with Crippen LogP contribution in [0.2, 0.25) is 0 Å². The summed E-state index contributed by atoms with van der Waals surface area (Å²) in [6.45, 7) is 2.61. The highest BCUT2D eigenvalue weighted by molar-refractivity contribution is 5.95. The van der Waals surface area contributed by atoms with Gasteiger partial charge in [-0.15, -0.1) is 0 Å². The molecular weight excluding hydrogens is 348 g/mol. The number of carbonyl (C=O) groups is 1. The van der Waals surface area contributed by atoms with Gasteiger partial charge in [0, 0.05) is 37.6 Å². The zero-order chi connectivity index (χ0) is 20.0. The lowest BCUT2D eigenvalue weighted by Crippen LogP contribution is -2.32. The monoisotopic (exact) mass is 374 g/mol. The highest BCUT2D eigenvalue weighted by atomic mass is 16.3. The largest absolute Gasteiger partial charge is 0.508 e. The van der Waals surface area contributed by atoms with Gasteiger partial charge in [-0.1, -0.05) is 0 Å². The molecule has 8 heteroatoms. The molecule has 2 rings (SSSR count). The Hall–Kier alpha value is -2.97. The van der Waals surface area contributed by atoms with E-state index in [-0.39, 0.29) is 19.0 Å². The molecule has 0 saturated carbocycles. The number of aliphatic hydroxyl groups excluding tert-OH is 2. The van der Waals surface area contributed by atoms with Crippen molar-refractivity contribution in [2.75, 3.05) is 48.5 Å². The van der Waals surface area contributed by atoms with Crippen LogP contribution in [0.4, 0.5) is 27.5 Å². The standard InChI is InChI=1S/C19H26N4O4/c1-13-11-16(17(12-18(13)26)22(2)19(20)27)21-14-3-5-15(6-4-14)23(7-9-24)8-10-25/h3-6,11-12,21,24-26H,7-10H2,1-2H3,(H2,20,27). The fourth-order valence-electron chi connectivity index (χ4n) is 2.70. The summed E-state index contributed by atoms with van der Waals surface area (Å²) in [5, 5.41) is 31.5. The lowest BCUT2D eigenvalue weighted by molar-refractivity contribution is 0.255. The molecule has 6 N–H and O–H groups in total. The van der Waals surface area contributed by atoms with Gasteiger partial charge in [-0.25, -0.2) is 4.79 Å². The lowest BCUT2D eigenvalue weighted by atomic mass is 10.1. The first-order chi connectivity index (χ1) is 12.9. The Bertz CT molecular complexity index is 774. The van der Waals surface area contributed by atoms with E-state index in [9.17, 15) is 9.90 Å². The summed E-state index contributed by atoms with van der Waals surface area (Å²) >= 11 is 0. The number of rotatable bonds is 8. The maximum atomic E-state index is 11.5. The number of hydrogen-bond acceptors (Lipinski definition) is 6. The third-order valence-corrected chi connectivity index (χ3v) is 4.26. The molecule has 0 aliphatic heterocycles. The minimum absolute atomic E-state index is 0.00437. The van der Waals surface area contributed by atoms with E-state index in [1.165, 1.54) is 18.0 Å². The minimum atomic E-state index is -0.639. The number of hydrogen-bond donors (Lipinski definition) is 5. The number of aromatic hydroxyl groups is 1. The topological polar surface area (TPSA) is 122 Å². The number of nitrogens with zero attached hydrogens (tertiary/aromatic N) is 2. The second kappa shape index (κ2) is 9.11. The highest BCUT2D eigenvalue weighted by Crippen LogP contribution is 2.34. The summed E-state index contributed by atoms with van der Waals surface area (Å²) in [6.07, 6.45) is 0. The Labute approximate surface area is 158 Å². The molecule has 0 saturated heterocycles. The lowest BCUT2D eigenvalue weighted by Gasteiger charge is -2.24. The number of aryl methyl sites for hydroxylation is 1. The molecule has 0 unspecified atom stereocenters. The highest BCUT2D eigenvalue weighted by Gasteiger charge is 2.15. The summed E-state index contributed by atoms with van der Waals surface area (Å²) in [7, 11) is 1.53. The molecule has 0 aromatic heterocycles. The van der Waals surface area contributed by atoms with Crippen molar-refractivity contribution in [3.63, 3.8) is 0 Å². The van der Waals surface area contributed by atoms with Gasteiger partial charge in [0.15, 0.2) is 0 Å². The average Bonchev–Trinajstić information content (AvgIpc) is 2.64. The number of phenols is 1. The normalized spacial score (nSPS) is 10.5. The van der Waals surface area contributed by atoms with E-state index in [1.54, 1.807) is 13.0 Å². The van der Waals surface area contributed by atoms with Crippen LogP contribution in [0.1, 0.15) is 5.56 Å². The van der Waals surface area contributed by atoms with Crippen molar-refractivity contribution in [3.8, 4) is 5.75 Å². The zero-order valence-corrected chi connectivity index (χ0v) is 15.5. The van der Waals surface area contributed by atoms with Crippen LogP contribution in [-0.4, -0.2) is 54.7 Å². The van der Waals surface area contributed by atoms with Gasteiger partial charge >= 0.3 is 6.03 Å². The molecule has 0 aliphatic rings. The fourth-order valence-corrected chi connectivity index (χ4v) is 2.70. The number of amides is 2. The van der Waals surface area contributed by atoms with Crippen molar-refractivity contribution in [1.29, 1.82) is 0 Å². The zero-order valence-electron chi connectivity index (χ0n) is 15.5. The number of anilines is 4. The smallest absolute Gasteiger partial charge is 0.319 e. The molecule has 146 valence electrons. The number of urea groups is 1. The molecule has 27 heavy (non-hydrogen) atoms. The molecule has 0 aliphatic carbocycles. The maximum absolute atomic E-state index is 11.5. The van der Waals surface area contributed by atoms with Gasteiger partial charge in [-0.3, -0.25) is 4.90 Å². The van der Waals surface area contributed by atoms with Crippen LogP contribution < -0.4 is 20.9 Å². The van der Waals surface area contributed by atoms with E-state index >= 15 is 0 Å². The molecular formula is C19H26N4O4. The quantitative estimate of drug-likeness (QED) is 0.449. The summed E-state index contributed by atoms with van der Waals surface area (Å²) in [5.41, 5.74) is 8.75. The van der Waals surface area contributed by atoms with E-state index in [4.69, 9.17) is 15.9 Å². The second-order valence-electron chi connectivity index (χ2n) is 6.16. The van der Waals surface area contributed by atoms with Crippen molar-refractivity contribution in [2.24, 2.45) is 5.73 Å². The van der Waals surface area contributed by atoms with Gasteiger partial charge in [-0.05, 0) is 42.8 Å². The van der Waals surface area contributed by atoms with Crippen LogP contribution in [0.5, 0.6) is 5.75 Å². The Morgan fingerprint density at radius 3 is 2.22 bits per heavy atom. The first-order valence-electron chi connectivity index (χ1n) is 8.58. The molecule has 0 radical (unpaired) electrons. The Kier molecular flexibility index (Phi) is 6.86. The van der Waals surface area contributed by atoms with E-state index < -0.39 is 6.03 Å². The maximum Gasteiger partial charge on any atom is 0.319 e. The first-order valence-corrected chi connectivity index (χ1v) is 8.58. The Balaban J connectivity index is 2.29. The third kappa shape index (κ3) is 5.02. The van der Waals surface area contributed by atoms with Gasteiger partial charge in [0.1, 0.15) is 5.75 Å². The average molecular weight is 374 g/mol. The van der Waals surface area contributed by atoms with Crippen LogP contribution in [-0.2, 0) is 0 Å². The van der Waals surface area contributed by atoms with Gasteiger partial charge in [0.2, 0.25) is 0 Å². The number of nitrogens with two attached hydrogens (primary N) is 1. The summed E-state index contributed by atoms with van der Waals surface area (Å²) in [6, 6.07) is 10.0. The van der Waals surface area contributed by atoms with Gasteiger partial charge < -0.3 is 31.3 Å². The SMILES string of the molecule is Cc1cc(Nc2ccc(N(CCO)CCO)cc2)c(N(C)C(N)=O)cc1O. The van der Waals surface area contributed by atoms with Crippen molar-refractivity contribution >= 4 is 28.8 Å². The summed E-state index contributed by atoms with van der Waals surface area (Å²) < 4.78 is 0. The number of aliphatic hydroxyl groups is 2. The van der Waals surface area contributed by atoms with Crippen molar-refractivity contribution in [3.05, 3.63) is 42.0 Å². The number of primary amides is 1. The Morgan fingerprint density at radius 2 is 1.70 bits per heavy atom. The van der Waals surface area contributed by atoms with E-state index in [0.717, 1.165) is 11.4 Å². The molecule has 0 heterocycles. The minimum Gasteiger partial charge on any atom is -0.508 e. The molecule has 2 amide bonds. The molecule has 0 bridgehead atoms.